The summed E-state index contributed by atoms with van der Waals surface area (Å²) in [6.07, 6.45) is 1.01. The molecule has 3 rings (SSSR count). The summed E-state index contributed by atoms with van der Waals surface area (Å²) in [5, 5.41) is 5.27. The summed E-state index contributed by atoms with van der Waals surface area (Å²) in [4.78, 5) is 24.9. The first-order valence-corrected chi connectivity index (χ1v) is 11.4. The molecule has 2 aromatic rings. The van der Waals surface area contributed by atoms with Crippen LogP contribution in [0.25, 0.3) is 0 Å². The highest BCUT2D eigenvalue weighted by atomic mass is 79.9. The van der Waals surface area contributed by atoms with E-state index in [2.05, 4.69) is 26.6 Å². The Morgan fingerprint density at radius 2 is 1.90 bits per heavy atom. The average molecular weight is 480 g/mol. The normalized spacial score (nSPS) is 17.1. The summed E-state index contributed by atoms with van der Waals surface area (Å²) in [7, 11) is -3.76. The Bertz CT molecular complexity index is 1010. The number of carbonyl (C=O) groups is 2. The highest BCUT2D eigenvalue weighted by Gasteiger charge is 2.39. The van der Waals surface area contributed by atoms with Crippen LogP contribution >= 0.6 is 15.9 Å². The van der Waals surface area contributed by atoms with Crippen LogP contribution in [-0.4, -0.2) is 43.7 Å². The number of rotatable bonds is 6. The zero-order chi connectivity index (χ0) is 21.0. The quantitative estimate of drug-likeness (QED) is 0.665. The Morgan fingerprint density at radius 3 is 2.59 bits per heavy atom. The van der Waals surface area contributed by atoms with Gasteiger partial charge in [-0.2, -0.15) is 4.31 Å². The summed E-state index contributed by atoms with van der Waals surface area (Å²) in [5.41, 5.74) is 1.60. The van der Waals surface area contributed by atoms with Crippen molar-refractivity contribution < 1.29 is 18.0 Å². The van der Waals surface area contributed by atoms with Crippen LogP contribution in [0, 0.1) is 6.92 Å². The van der Waals surface area contributed by atoms with Crippen molar-refractivity contribution >= 4 is 43.5 Å². The van der Waals surface area contributed by atoms with Crippen LogP contribution in [0.15, 0.2) is 57.9 Å². The molecule has 2 N–H and O–H groups in total. The van der Waals surface area contributed by atoms with E-state index in [4.69, 9.17) is 0 Å². The van der Waals surface area contributed by atoms with Crippen LogP contribution in [-0.2, 0) is 19.6 Å². The number of nitrogens with one attached hydrogen (secondary N) is 2. The number of carbonyl (C=O) groups excluding carboxylic acids is 2. The smallest absolute Gasteiger partial charge is 0.243 e. The second-order valence-electron chi connectivity index (χ2n) is 6.82. The molecule has 0 bridgehead atoms. The van der Waals surface area contributed by atoms with Gasteiger partial charge in [0.2, 0.25) is 21.8 Å². The van der Waals surface area contributed by atoms with Gasteiger partial charge in [0.25, 0.3) is 0 Å². The van der Waals surface area contributed by atoms with Crippen molar-refractivity contribution in [3.05, 3.63) is 58.6 Å². The number of hydrogen-bond donors (Lipinski definition) is 2. The summed E-state index contributed by atoms with van der Waals surface area (Å²) >= 11 is 3.40. The minimum absolute atomic E-state index is 0.156. The van der Waals surface area contributed by atoms with E-state index in [0.29, 0.717) is 18.5 Å². The minimum Gasteiger partial charge on any atom is -0.346 e. The first-order chi connectivity index (χ1) is 13.8. The van der Waals surface area contributed by atoms with E-state index in [1.807, 2.05) is 19.1 Å². The molecule has 7 nitrogen and oxygen atoms in total. The van der Waals surface area contributed by atoms with E-state index in [9.17, 15) is 18.0 Å². The Balaban J connectivity index is 1.61. The Kier molecular flexibility index (Phi) is 6.71. The van der Waals surface area contributed by atoms with Gasteiger partial charge in [0, 0.05) is 16.7 Å². The molecule has 2 aromatic carbocycles. The molecule has 1 atom stereocenters. The number of sulfonamides is 1. The highest BCUT2D eigenvalue weighted by Crippen LogP contribution is 2.26. The van der Waals surface area contributed by atoms with Gasteiger partial charge in [-0.1, -0.05) is 34.1 Å². The van der Waals surface area contributed by atoms with Crippen molar-refractivity contribution in [1.82, 2.24) is 9.62 Å². The lowest BCUT2D eigenvalue weighted by molar-refractivity contribution is -0.126. The lowest BCUT2D eigenvalue weighted by atomic mass is 10.2. The maximum absolute atomic E-state index is 12.9. The van der Waals surface area contributed by atoms with E-state index in [0.717, 1.165) is 10.0 Å². The Morgan fingerprint density at radius 1 is 1.17 bits per heavy atom. The number of aryl methyl sites for hydroxylation is 1. The summed E-state index contributed by atoms with van der Waals surface area (Å²) < 4.78 is 27.9. The van der Waals surface area contributed by atoms with E-state index >= 15 is 0 Å². The SMILES string of the molecule is Cc1cc(NC(=O)CNC(=O)C2CCCN2S(=O)(=O)c2ccccc2)ccc1Br. The van der Waals surface area contributed by atoms with Gasteiger partial charge in [0.1, 0.15) is 6.04 Å². The molecule has 0 radical (unpaired) electrons. The molecule has 9 heteroatoms. The molecular weight excluding hydrogens is 458 g/mol. The third-order valence-corrected chi connectivity index (χ3v) is 7.53. The van der Waals surface area contributed by atoms with Gasteiger partial charge in [0.15, 0.2) is 0 Å². The summed E-state index contributed by atoms with van der Waals surface area (Å²) in [5.74, 6) is -0.848. The monoisotopic (exact) mass is 479 g/mol. The molecule has 154 valence electrons. The van der Waals surface area contributed by atoms with Crippen LogP contribution in [0.5, 0.6) is 0 Å². The van der Waals surface area contributed by atoms with Gasteiger partial charge in [-0.05, 0) is 55.7 Å². The minimum atomic E-state index is -3.76. The van der Waals surface area contributed by atoms with Crippen LogP contribution in [0.3, 0.4) is 0 Å². The predicted molar refractivity (Wildman–Crippen MR) is 114 cm³/mol. The van der Waals surface area contributed by atoms with Gasteiger partial charge < -0.3 is 10.6 Å². The molecule has 1 saturated heterocycles. The van der Waals surface area contributed by atoms with Crippen LogP contribution in [0.2, 0.25) is 0 Å². The molecule has 2 amide bonds. The second kappa shape index (κ2) is 9.06. The molecule has 29 heavy (non-hydrogen) atoms. The Labute approximate surface area is 178 Å². The highest BCUT2D eigenvalue weighted by molar-refractivity contribution is 9.10. The van der Waals surface area contributed by atoms with Crippen molar-refractivity contribution in [3.8, 4) is 0 Å². The average Bonchev–Trinajstić information content (AvgIpc) is 3.20. The van der Waals surface area contributed by atoms with Crippen LogP contribution in [0.1, 0.15) is 18.4 Å². The number of amides is 2. The summed E-state index contributed by atoms with van der Waals surface area (Å²) in [6.45, 7) is 1.95. The predicted octanol–water partition coefficient (Wildman–Crippen LogP) is 2.67. The third kappa shape index (κ3) is 5.04. The zero-order valence-electron chi connectivity index (χ0n) is 15.9. The molecular formula is C20H22BrN3O4S. The molecule has 1 heterocycles. The van der Waals surface area contributed by atoms with E-state index in [1.54, 1.807) is 24.3 Å². The number of hydrogen-bond acceptors (Lipinski definition) is 4. The number of nitrogens with zero attached hydrogens (tertiary/aromatic N) is 1. The fraction of sp³-hybridized carbons (Fsp3) is 0.300. The fourth-order valence-electron chi connectivity index (χ4n) is 3.23. The van der Waals surface area contributed by atoms with E-state index in [1.165, 1.54) is 16.4 Å². The van der Waals surface area contributed by atoms with E-state index in [-0.39, 0.29) is 23.9 Å². The lowest BCUT2D eigenvalue weighted by Gasteiger charge is -2.23. The fourth-order valence-corrected chi connectivity index (χ4v) is 5.15. The second-order valence-corrected chi connectivity index (χ2v) is 9.56. The first kappa shape index (κ1) is 21.5. The van der Waals surface area contributed by atoms with Crippen molar-refractivity contribution in [2.75, 3.05) is 18.4 Å². The number of halogens is 1. The number of anilines is 1. The number of benzene rings is 2. The van der Waals surface area contributed by atoms with Gasteiger partial charge >= 0.3 is 0 Å². The largest absolute Gasteiger partial charge is 0.346 e. The van der Waals surface area contributed by atoms with Gasteiger partial charge in [-0.15, -0.1) is 0 Å². The topological polar surface area (TPSA) is 95.6 Å². The molecule has 0 aromatic heterocycles. The van der Waals surface area contributed by atoms with Crippen LogP contribution in [0.4, 0.5) is 5.69 Å². The molecule has 0 spiro atoms. The lowest BCUT2D eigenvalue weighted by Crippen LogP contribution is -2.47. The molecule has 1 aliphatic rings. The standard InChI is InChI=1S/C20H22BrN3O4S/c1-14-12-15(9-10-17(14)21)23-19(25)13-22-20(26)18-8-5-11-24(18)29(27,28)16-6-3-2-4-7-16/h2-4,6-7,9-10,12,18H,5,8,11,13H2,1H3,(H,22,26)(H,23,25). The van der Waals surface area contributed by atoms with Gasteiger partial charge in [-0.3, -0.25) is 9.59 Å². The molecule has 1 fully saturated rings. The van der Waals surface area contributed by atoms with Gasteiger partial charge in [-0.25, -0.2) is 8.42 Å². The maximum Gasteiger partial charge on any atom is 0.243 e. The molecule has 1 unspecified atom stereocenters. The van der Waals surface area contributed by atoms with Crippen molar-refractivity contribution in [1.29, 1.82) is 0 Å². The van der Waals surface area contributed by atoms with Crippen molar-refractivity contribution in [2.24, 2.45) is 0 Å². The summed E-state index contributed by atoms with van der Waals surface area (Å²) in [6, 6.07) is 12.6. The molecule has 1 aliphatic heterocycles. The molecule has 0 saturated carbocycles. The Hall–Kier alpha value is -2.23. The molecule has 0 aliphatic carbocycles. The van der Waals surface area contributed by atoms with Gasteiger partial charge in [0.05, 0.1) is 11.4 Å². The van der Waals surface area contributed by atoms with E-state index < -0.39 is 22.0 Å². The van der Waals surface area contributed by atoms with Crippen molar-refractivity contribution in [2.45, 2.75) is 30.7 Å². The zero-order valence-corrected chi connectivity index (χ0v) is 18.3. The maximum atomic E-state index is 12.9. The third-order valence-electron chi connectivity index (χ3n) is 4.72. The van der Waals surface area contributed by atoms with Crippen LogP contribution < -0.4 is 10.6 Å². The van der Waals surface area contributed by atoms with Crippen molar-refractivity contribution in [3.63, 3.8) is 0 Å². The first-order valence-electron chi connectivity index (χ1n) is 9.19.